The maximum Gasteiger partial charge on any atom is 0.410 e. The molecular formula is C30H35FN6O3. The minimum Gasteiger partial charge on any atom is -0.444 e. The molecule has 1 amide bonds. The average molecular weight is 547 g/mol. The first-order chi connectivity index (χ1) is 18.9. The van der Waals surface area contributed by atoms with Gasteiger partial charge in [-0.25, -0.2) is 14.2 Å². The summed E-state index contributed by atoms with van der Waals surface area (Å²) in [4.78, 5) is 34.6. The Morgan fingerprint density at radius 3 is 2.30 bits per heavy atom. The van der Waals surface area contributed by atoms with Crippen LogP contribution in [0.3, 0.4) is 0 Å². The lowest BCUT2D eigenvalue weighted by atomic mass is 9.85. The zero-order valence-corrected chi connectivity index (χ0v) is 23.6. The van der Waals surface area contributed by atoms with Crippen LogP contribution < -0.4 is 9.80 Å². The predicted molar refractivity (Wildman–Crippen MR) is 151 cm³/mol. The van der Waals surface area contributed by atoms with Crippen LogP contribution >= 0.6 is 0 Å². The highest BCUT2D eigenvalue weighted by atomic mass is 19.1. The van der Waals surface area contributed by atoms with Crippen LogP contribution in [0.25, 0.3) is 11.0 Å². The number of amides is 1. The van der Waals surface area contributed by atoms with Crippen molar-refractivity contribution in [1.29, 1.82) is 5.26 Å². The maximum atomic E-state index is 15.3. The van der Waals surface area contributed by atoms with Gasteiger partial charge in [0.05, 0.1) is 5.56 Å². The van der Waals surface area contributed by atoms with Crippen molar-refractivity contribution in [2.45, 2.75) is 58.2 Å². The van der Waals surface area contributed by atoms with Crippen LogP contribution in [0.15, 0.2) is 36.5 Å². The Labute approximate surface area is 233 Å². The van der Waals surface area contributed by atoms with Crippen LogP contribution in [0.5, 0.6) is 0 Å². The molecule has 1 saturated carbocycles. The second-order valence-electron chi connectivity index (χ2n) is 11.7. The van der Waals surface area contributed by atoms with Crippen molar-refractivity contribution in [1.82, 2.24) is 14.5 Å². The van der Waals surface area contributed by atoms with E-state index in [1.807, 2.05) is 54.5 Å². The summed E-state index contributed by atoms with van der Waals surface area (Å²) >= 11 is 0. The largest absolute Gasteiger partial charge is 0.444 e. The number of ether oxygens (including phenoxy) is 1. The molecule has 0 unspecified atom stereocenters. The van der Waals surface area contributed by atoms with E-state index in [1.165, 1.54) is 6.07 Å². The molecule has 0 atom stereocenters. The molecule has 210 valence electrons. The lowest BCUT2D eigenvalue weighted by Crippen LogP contribution is -2.48. The molecule has 3 aromatic rings. The highest BCUT2D eigenvalue weighted by Gasteiger charge is 2.38. The number of nitriles is 1. The zero-order chi connectivity index (χ0) is 28.8. The van der Waals surface area contributed by atoms with Crippen molar-refractivity contribution in [3.63, 3.8) is 0 Å². The van der Waals surface area contributed by atoms with Crippen LogP contribution in [0, 0.1) is 17.1 Å². The molecule has 5 rings (SSSR count). The number of rotatable bonds is 5. The number of hydrogen-bond donors (Lipinski definition) is 0. The number of aromatic nitrogens is 2. The van der Waals surface area contributed by atoms with Crippen LogP contribution in [-0.4, -0.2) is 71.2 Å². The highest BCUT2D eigenvalue weighted by molar-refractivity contribution is 5.94. The third-order valence-electron chi connectivity index (χ3n) is 7.79. The molecular weight excluding hydrogens is 511 g/mol. The topological polar surface area (TPSA) is 94.7 Å². The molecule has 2 fully saturated rings. The number of hydrogen-bond acceptors (Lipinski definition) is 7. The Balaban J connectivity index is 1.31. The summed E-state index contributed by atoms with van der Waals surface area (Å²) in [5, 5.41) is 10.2. The molecule has 0 spiro atoms. The van der Waals surface area contributed by atoms with Crippen molar-refractivity contribution in [2.75, 3.05) is 43.0 Å². The summed E-state index contributed by atoms with van der Waals surface area (Å²) in [7, 11) is 1.74. The monoisotopic (exact) mass is 546 g/mol. The number of fused-ring (bicyclic) bond motifs is 1. The molecule has 0 N–H and O–H groups in total. The van der Waals surface area contributed by atoms with E-state index in [2.05, 4.69) is 11.0 Å². The number of carbonyl (C=O) groups excluding carboxylic acids is 2. The molecule has 40 heavy (non-hydrogen) atoms. The van der Waals surface area contributed by atoms with E-state index in [-0.39, 0.29) is 29.8 Å². The molecule has 3 heterocycles. The Morgan fingerprint density at radius 2 is 1.73 bits per heavy atom. The SMILES string of the molecule is CC(=O)c1ccc(N2CCN(c3nc4c(cc3F)c(C#N)cn4[C@H]3C[C@H](N(C)C(=O)OC(C)(C)C)C3)CC2)cc1. The number of halogens is 1. The fraction of sp³-hybridized carbons (Fsp3) is 0.467. The number of pyridine rings is 1. The van der Waals surface area contributed by atoms with Crippen LogP contribution in [-0.2, 0) is 4.74 Å². The summed E-state index contributed by atoms with van der Waals surface area (Å²) in [6, 6.07) is 11.2. The second kappa shape index (κ2) is 10.5. The highest BCUT2D eigenvalue weighted by Crippen LogP contribution is 2.39. The van der Waals surface area contributed by atoms with E-state index < -0.39 is 11.4 Å². The molecule has 9 nitrogen and oxygen atoms in total. The van der Waals surface area contributed by atoms with Gasteiger partial charge in [-0.15, -0.1) is 0 Å². The molecule has 2 aromatic heterocycles. The third kappa shape index (κ3) is 5.33. The normalized spacial score (nSPS) is 19.2. The Bertz CT molecular complexity index is 1470. The second-order valence-corrected chi connectivity index (χ2v) is 11.7. The van der Waals surface area contributed by atoms with Gasteiger partial charge in [-0.1, -0.05) is 0 Å². The minimum atomic E-state index is -0.567. The van der Waals surface area contributed by atoms with Gasteiger partial charge in [-0.3, -0.25) is 4.79 Å². The van der Waals surface area contributed by atoms with Crippen molar-refractivity contribution in [3.8, 4) is 6.07 Å². The van der Waals surface area contributed by atoms with E-state index in [4.69, 9.17) is 9.72 Å². The fourth-order valence-electron chi connectivity index (χ4n) is 5.39. The van der Waals surface area contributed by atoms with Crippen LogP contribution in [0.2, 0.25) is 0 Å². The van der Waals surface area contributed by atoms with Crippen molar-refractivity contribution >= 4 is 34.4 Å². The van der Waals surface area contributed by atoms with Crippen molar-refractivity contribution in [3.05, 3.63) is 53.5 Å². The lowest BCUT2D eigenvalue weighted by molar-refractivity contribution is 0.00808. The van der Waals surface area contributed by atoms with Crippen LogP contribution in [0.1, 0.15) is 62.5 Å². The first-order valence-electron chi connectivity index (χ1n) is 13.6. The van der Waals surface area contributed by atoms with Gasteiger partial charge in [-0.2, -0.15) is 5.26 Å². The Hall–Kier alpha value is -4.13. The molecule has 2 aliphatic rings. The van der Waals surface area contributed by atoms with Gasteiger partial charge < -0.3 is 24.0 Å². The predicted octanol–water partition coefficient (Wildman–Crippen LogP) is 5.15. The molecule has 0 radical (unpaired) electrons. The van der Waals surface area contributed by atoms with E-state index in [1.54, 1.807) is 25.1 Å². The van der Waals surface area contributed by atoms with Gasteiger partial charge in [0.25, 0.3) is 0 Å². The van der Waals surface area contributed by atoms with Gasteiger partial charge in [0.15, 0.2) is 17.4 Å². The number of anilines is 2. The Kier molecular flexibility index (Phi) is 7.17. The van der Waals surface area contributed by atoms with E-state index >= 15 is 4.39 Å². The minimum absolute atomic E-state index is 0.0142. The van der Waals surface area contributed by atoms with Gasteiger partial charge in [0, 0.05) is 68.1 Å². The number of piperazine rings is 1. The van der Waals surface area contributed by atoms with Gasteiger partial charge in [0.2, 0.25) is 0 Å². The average Bonchev–Trinajstić information content (AvgIpc) is 3.23. The smallest absolute Gasteiger partial charge is 0.410 e. The molecule has 1 aliphatic carbocycles. The standard InChI is InChI=1S/C30H35FN6O3/c1-19(38)20-6-8-22(9-7-20)35-10-12-36(13-11-35)28-26(31)16-25-21(17-32)18-37(27(25)33-28)24-14-23(15-24)34(5)29(39)40-30(2,3)4/h6-9,16,18,23-24H,10-15H2,1-5H3/t23-,24-. The maximum absolute atomic E-state index is 15.3. The first kappa shape index (κ1) is 27.4. The molecule has 10 heteroatoms. The molecule has 0 bridgehead atoms. The molecule has 1 saturated heterocycles. The number of carbonyl (C=O) groups is 2. The fourth-order valence-corrected chi connectivity index (χ4v) is 5.39. The first-order valence-corrected chi connectivity index (χ1v) is 13.6. The zero-order valence-electron chi connectivity index (χ0n) is 23.6. The summed E-state index contributed by atoms with van der Waals surface area (Å²) in [5.74, 6) is -0.132. The number of benzene rings is 1. The van der Waals surface area contributed by atoms with E-state index in [0.29, 0.717) is 61.2 Å². The van der Waals surface area contributed by atoms with E-state index in [0.717, 1.165) is 5.69 Å². The van der Waals surface area contributed by atoms with Crippen molar-refractivity contribution < 1.29 is 18.7 Å². The van der Waals surface area contributed by atoms with E-state index in [9.17, 15) is 14.9 Å². The summed E-state index contributed by atoms with van der Waals surface area (Å²) in [5.41, 5.74) is 2.10. The van der Waals surface area contributed by atoms with Crippen molar-refractivity contribution in [2.24, 2.45) is 0 Å². The summed E-state index contributed by atoms with van der Waals surface area (Å²) < 4.78 is 22.8. The molecule has 1 aromatic carbocycles. The number of nitrogens with zero attached hydrogens (tertiary/aromatic N) is 6. The summed E-state index contributed by atoms with van der Waals surface area (Å²) in [6.45, 7) is 9.61. The number of Topliss-reactive ketones (excluding diaryl/α,β-unsaturated/α-hetero) is 1. The number of ketones is 1. The third-order valence-corrected chi connectivity index (χ3v) is 7.79. The van der Waals surface area contributed by atoms with Gasteiger partial charge in [-0.05, 0) is 70.9 Å². The van der Waals surface area contributed by atoms with Crippen LogP contribution in [0.4, 0.5) is 20.7 Å². The van der Waals surface area contributed by atoms with Gasteiger partial charge >= 0.3 is 6.09 Å². The quantitative estimate of drug-likeness (QED) is 0.409. The molecule has 1 aliphatic heterocycles. The Morgan fingerprint density at radius 1 is 1.10 bits per heavy atom. The van der Waals surface area contributed by atoms with Gasteiger partial charge in [0.1, 0.15) is 17.3 Å². The lowest BCUT2D eigenvalue weighted by Gasteiger charge is -2.42. The summed E-state index contributed by atoms with van der Waals surface area (Å²) in [6.07, 6.45) is 2.78.